The summed E-state index contributed by atoms with van der Waals surface area (Å²) in [5, 5.41) is 4.37. The van der Waals surface area contributed by atoms with E-state index in [1.807, 2.05) is 0 Å². The molecule has 0 unspecified atom stereocenters. The Hall–Kier alpha value is -0.190. The Kier molecular flexibility index (Phi) is 6.13. The number of thioether (sulfide) groups is 1. The molecule has 1 amide bonds. The normalized spacial score (nSPS) is 10.0. The topological polar surface area (TPSA) is 29.1 Å². The largest absolute Gasteiger partial charge is 0.325 e. The molecule has 0 radical (unpaired) electrons. The Bertz CT molecular complexity index is 318. The number of alkyl halides is 1. The van der Waals surface area contributed by atoms with Crippen molar-refractivity contribution in [3.05, 3.63) is 29.3 Å². The van der Waals surface area contributed by atoms with Crippen LogP contribution in [0, 0.1) is 0 Å². The molecule has 0 spiro atoms. The van der Waals surface area contributed by atoms with Crippen molar-refractivity contribution < 1.29 is 4.79 Å². The first kappa shape index (κ1) is 12.9. The summed E-state index contributed by atoms with van der Waals surface area (Å²) in [6, 6.07) is 7.08. The number of amides is 1. The third kappa shape index (κ3) is 5.44. The molecule has 82 valence electrons. The Labute approximate surface area is 107 Å². The predicted molar refractivity (Wildman–Crippen MR) is 71.2 cm³/mol. The molecule has 1 aromatic rings. The van der Waals surface area contributed by atoms with Crippen LogP contribution >= 0.6 is 39.3 Å². The lowest BCUT2D eigenvalue weighted by Gasteiger charge is -2.04. The van der Waals surface area contributed by atoms with Crippen molar-refractivity contribution in [2.45, 2.75) is 0 Å². The number of carbonyl (C=O) groups is 1. The highest BCUT2D eigenvalue weighted by molar-refractivity contribution is 9.09. The fourth-order valence-corrected chi connectivity index (χ4v) is 2.27. The van der Waals surface area contributed by atoms with Crippen molar-refractivity contribution in [1.29, 1.82) is 0 Å². The van der Waals surface area contributed by atoms with Crippen molar-refractivity contribution >= 4 is 50.9 Å². The second-order valence-corrected chi connectivity index (χ2v) is 5.13. The summed E-state index contributed by atoms with van der Waals surface area (Å²) in [6.07, 6.45) is 0. The lowest BCUT2D eigenvalue weighted by molar-refractivity contribution is -0.113. The van der Waals surface area contributed by atoms with Gasteiger partial charge in [0.2, 0.25) is 5.91 Å². The molecular formula is C10H11BrClNOS. The van der Waals surface area contributed by atoms with E-state index < -0.39 is 0 Å². The average molecular weight is 309 g/mol. The predicted octanol–water partition coefficient (Wildman–Crippen LogP) is 3.41. The first-order chi connectivity index (χ1) is 7.22. The van der Waals surface area contributed by atoms with E-state index >= 15 is 0 Å². The first-order valence-electron chi connectivity index (χ1n) is 4.41. The minimum absolute atomic E-state index is 0.0169. The molecule has 2 nitrogen and oxygen atoms in total. The molecule has 0 saturated carbocycles. The van der Waals surface area contributed by atoms with Crippen molar-refractivity contribution in [3.8, 4) is 0 Å². The van der Waals surface area contributed by atoms with Crippen LogP contribution in [0.15, 0.2) is 24.3 Å². The quantitative estimate of drug-likeness (QED) is 0.667. The number of hydrogen-bond donors (Lipinski definition) is 1. The minimum atomic E-state index is 0.0169. The molecule has 0 fully saturated rings. The van der Waals surface area contributed by atoms with Gasteiger partial charge in [0.1, 0.15) is 0 Å². The highest BCUT2D eigenvalue weighted by Gasteiger charge is 2.01. The standard InChI is InChI=1S/C10H11BrClNOS/c11-5-6-15-7-10(14)13-9-3-1-8(12)2-4-9/h1-4H,5-7H2,(H,13,14). The fourth-order valence-electron chi connectivity index (χ4n) is 0.950. The van der Waals surface area contributed by atoms with Crippen molar-refractivity contribution in [1.82, 2.24) is 0 Å². The molecule has 0 aromatic heterocycles. The van der Waals surface area contributed by atoms with E-state index in [0.29, 0.717) is 10.8 Å². The van der Waals surface area contributed by atoms with Crippen molar-refractivity contribution in [2.75, 3.05) is 22.2 Å². The number of benzene rings is 1. The van der Waals surface area contributed by atoms with Crippen LogP contribution in [0.25, 0.3) is 0 Å². The van der Waals surface area contributed by atoms with E-state index in [-0.39, 0.29) is 5.91 Å². The van der Waals surface area contributed by atoms with E-state index in [1.54, 1.807) is 36.0 Å². The SMILES string of the molecule is O=C(CSCCBr)Nc1ccc(Cl)cc1. The molecule has 5 heteroatoms. The monoisotopic (exact) mass is 307 g/mol. The smallest absolute Gasteiger partial charge is 0.234 e. The zero-order valence-electron chi connectivity index (χ0n) is 8.00. The van der Waals surface area contributed by atoms with Gasteiger partial charge in [-0.05, 0) is 24.3 Å². The van der Waals surface area contributed by atoms with Gasteiger partial charge in [0.15, 0.2) is 0 Å². The summed E-state index contributed by atoms with van der Waals surface area (Å²) in [5.74, 6) is 1.44. The molecule has 15 heavy (non-hydrogen) atoms. The highest BCUT2D eigenvalue weighted by Crippen LogP contribution is 2.13. The van der Waals surface area contributed by atoms with Gasteiger partial charge in [0.05, 0.1) is 5.75 Å². The van der Waals surface area contributed by atoms with Crippen molar-refractivity contribution in [3.63, 3.8) is 0 Å². The highest BCUT2D eigenvalue weighted by atomic mass is 79.9. The lowest BCUT2D eigenvalue weighted by Crippen LogP contribution is -2.14. The maximum Gasteiger partial charge on any atom is 0.234 e. The zero-order valence-corrected chi connectivity index (χ0v) is 11.2. The molecule has 1 aromatic carbocycles. The van der Waals surface area contributed by atoms with Crippen LogP contribution in [0.5, 0.6) is 0 Å². The summed E-state index contributed by atoms with van der Waals surface area (Å²) >= 11 is 10.6. The zero-order chi connectivity index (χ0) is 11.1. The molecule has 0 aliphatic heterocycles. The second kappa shape index (κ2) is 7.14. The molecule has 0 atom stereocenters. The number of anilines is 1. The first-order valence-corrected chi connectivity index (χ1v) is 7.07. The van der Waals surface area contributed by atoms with Gasteiger partial charge in [-0.1, -0.05) is 27.5 Å². The fraction of sp³-hybridized carbons (Fsp3) is 0.300. The van der Waals surface area contributed by atoms with Gasteiger partial charge >= 0.3 is 0 Å². The number of rotatable bonds is 5. The Morgan fingerprint density at radius 2 is 2.07 bits per heavy atom. The van der Waals surface area contributed by atoms with Crippen LogP contribution in [-0.2, 0) is 4.79 Å². The van der Waals surface area contributed by atoms with Crippen LogP contribution in [0.4, 0.5) is 5.69 Å². The van der Waals surface area contributed by atoms with Crippen LogP contribution in [-0.4, -0.2) is 22.7 Å². The number of nitrogens with one attached hydrogen (secondary N) is 1. The Balaban J connectivity index is 2.34. The van der Waals surface area contributed by atoms with Gasteiger partial charge in [-0.15, -0.1) is 0 Å². The molecule has 0 aliphatic carbocycles. The lowest BCUT2D eigenvalue weighted by atomic mass is 10.3. The average Bonchev–Trinajstić information content (AvgIpc) is 2.22. The number of halogens is 2. The van der Waals surface area contributed by atoms with Crippen LogP contribution in [0.1, 0.15) is 0 Å². The van der Waals surface area contributed by atoms with Gasteiger partial charge in [-0.25, -0.2) is 0 Å². The molecule has 0 saturated heterocycles. The van der Waals surface area contributed by atoms with Crippen LogP contribution in [0.3, 0.4) is 0 Å². The molecule has 0 aliphatic rings. The molecule has 0 bridgehead atoms. The van der Waals surface area contributed by atoms with Gasteiger partial charge in [-0.3, -0.25) is 4.79 Å². The maximum absolute atomic E-state index is 11.4. The van der Waals surface area contributed by atoms with E-state index in [4.69, 9.17) is 11.6 Å². The van der Waals surface area contributed by atoms with Crippen molar-refractivity contribution in [2.24, 2.45) is 0 Å². The van der Waals surface area contributed by atoms with E-state index in [2.05, 4.69) is 21.2 Å². The Morgan fingerprint density at radius 1 is 1.40 bits per heavy atom. The molecular weight excluding hydrogens is 298 g/mol. The molecule has 0 heterocycles. The van der Waals surface area contributed by atoms with Gasteiger partial charge in [0, 0.05) is 21.8 Å². The van der Waals surface area contributed by atoms with Crippen LogP contribution in [0.2, 0.25) is 5.02 Å². The van der Waals surface area contributed by atoms with E-state index in [0.717, 1.165) is 16.8 Å². The molecule has 1 rings (SSSR count). The summed E-state index contributed by atoms with van der Waals surface area (Å²) < 4.78 is 0. The number of hydrogen-bond acceptors (Lipinski definition) is 2. The summed E-state index contributed by atoms with van der Waals surface area (Å²) in [4.78, 5) is 11.4. The summed E-state index contributed by atoms with van der Waals surface area (Å²) in [7, 11) is 0. The summed E-state index contributed by atoms with van der Waals surface area (Å²) in [5.41, 5.74) is 0.781. The van der Waals surface area contributed by atoms with Gasteiger partial charge in [-0.2, -0.15) is 11.8 Å². The second-order valence-electron chi connectivity index (χ2n) is 2.80. The number of carbonyl (C=O) groups excluding carboxylic acids is 1. The van der Waals surface area contributed by atoms with E-state index in [9.17, 15) is 4.79 Å². The van der Waals surface area contributed by atoms with Crippen LogP contribution < -0.4 is 5.32 Å². The molecule has 1 N–H and O–H groups in total. The van der Waals surface area contributed by atoms with E-state index in [1.165, 1.54) is 0 Å². The maximum atomic E-state index is 11.4. The third-order valence-corrected chi connectivity index (χ3v) is 3.72. The Morgan fingerprint density at radius 3 is 2.67 bits per heavy atom. The minimum Gasteiger partial charge on any atom is -0.325 e. The van der Waals surface area contributed by atoms with Gasteiger partial charge in [0.25, 0.3) is 0 Å². The summed E-state index contributed by atoms with van der Waals surface area (Å²) in [6.45, 7) is 0. The third-order valence-electron chi connectivity index (χ3n) is 1.58. The van der Waals surface area contributed by atoms with Gasteiger partial charge < -0.3 is 5.32 Å².